The van der Waals surface area contributed by atoms with Crippen molar-refractivity contribution in [3.63, 3.8) is 0 Å². The van der Waals surface area contributed by atoms with Crippen molar-refractivity contribution in [2.75, 3.05) is 0 Å². The van der Waals surface area contributed by atoms with Gasteiger partial charge in [-0.2, -0.15) is 5.26 Å². The zero-order chi connectivity index (χ0) is 10.8. The zero-order valence-corrected chi connectivity index (χ0v) is 9.45. The third kappa shape index (κ3) is 1.77. The van der Waals surface area contributed by atoms with Gasteiger partial charge < -0.3 is 4.57 Å². The summed E-state index contributed by atoms with van der Waals surface area (Å²) in [6.45, 7) is 5.42. The van der Waals surface area contributed by atoms with Crippen LogP contribution in [0.5, 0.6) is 0 Å². The Morgan fingerprint density at radius 2 is 2.27 bits per heavy atom. The molecule has 0 unspecified atom stereocenters. The lowest BCUT2D eigenvalue weighted by atomic mass is 10.1. The van der Waals surface area contributed by atoms with Crippen molar-refractivity contribution >= 4 is 0 Å². The Morgan fingerprint density at radius 3 is 2.93 bits per heavy atom. The monoisotopic (exact) mass is 203 g/mol. The van der Waals surface area contributed by atoms with Gasteiger partial charge >= 0.3 is 0 Å². The first kappa shape index (κ1) is 10.2. The predicted octanol–water partition coefficient (Wildman–Crippen LogP) is 2.41. The molecule has 2 rings (SSSR count). The standard InChI is InChI=1S/C12H17N3/c1-9(2)12-14-10(6-7-13)11-5-3-4-8-15(11)12/h9H,3-6,8H2,1-2H3. The molecule has 2 heterocycles. The summed E-state index contributed by atoms with van der Waals surface area (Å²) in [4.78, 5) is 4.62. The Hall–Kier alpha value is -1.30. The zero-order valence-electron chi connectivity index (χ0n) is 9.45. The van der Waals surface area contributed by atoms with Crippen molar-refractivity contribution in [1.29, 1.82) is 5.26 Å². The second kappa shape index (κ2) is 4.06. The molecule has 80 valence electrons. The molecule has 0 fully saturated rings. The van der Waals surface area contributed by atoms with Crippen LogP contribution in [0.1, 0.15) is 49.8 Å². The smallest absolute Gasteiger partial charge is 0.111 e. The van der Waals surface area contributed by atoms with Gasteiger partial charge in [0.2, 0.25) is 0 Å². The lowest BCUT2D eigenvalue weighted by molar-refractivity contribution is 0.503. The van der Waals surface area contributed by atoms with Gasteiger partial charge in [0.05, 0.1) is 18.2 Å². The highest BCUT2D eigenvalue weighted by molar-refractivity contribution is 5.23. The van der Waals surface area contributed by atoms with Crippen LogP contribution in [-0.2, 0) is 19.4 Å². The average Bonchev–Trinajstić information content (AvgIpc) is 2.59. The molecule has 0 atom stereocenters. The number of aromatic nitrogens is 2. The summed E-state index contributed by atoms with van der Waals surface area (Å²) in [6, 6.07) is 2.21. The molecule has 1 aliphatic heterocycles. The third-order valence-corrected chi connectivity index (χ3v) is 2.99. The summed E-state index contributed by atoms with van der Waals surface area (Å²) >= 11 is 0. The van der Waals surface area contributed by atoms with Gasteiger partial charge in [0.25, 0.3) is 0 Å². The van der Waals surface area contributed by atoms with Crippen LogP contribution in [0.25, 0.3) is 0 Å². The summed E-state index contributed by atoms with van der Waals surface area (Å²) < 4.78 is 2.33. The number of fused-ring (bicyclic) bond motifs is 1. The maximum atomic E-state index is 8.77. The van der Waals surface area contributed by atoms with Crippen LogP contribution >= 0.6 is 0 Å². The van der Waals surface area contributed by atoms with Crippen molar-refractivity contribution in [2.24, 2.45) is 0 Å². The fraction of sp³-hybridized carbons (Fsp3) is 0.667. The number of rotatable bonds is 2. The number of hydrogen-bond acceptors (Lipinski definition) is 2. The topological polar surface area (TPSA) is 41.6 Å². The SMILES string of the molecule is CC(C)c1nc(CC#N)c2n1CCCC2. The van der Waals surface area contributed by atoms with Crippen molar-refractivity contribution in [2.45, 2.75) is 52.0 Å². The maximum absolute atomic E-state index is 8.77. The molecule has 1 aliphatic rings. The molecule has 15 heavy (non-hydrogen) atoms. The van der Waals surface area contributed by atoms with Crippen LogP contribution in [0.2, 0.25) is 0 Å². The summed E-state index contributed by atoms with van der Waals surface area (Å²) in [5.41, 5.74) is 2.33. The van der Waals surface area contributed by atoms with Gasteiger partial charge in [-0.1, -0.05) is 13.8 Å². The van der Waals surface area contributed by atoms with E-state index in [9.17, 15) is 0 Å². The summed E-state index contributed by atoms with van der Waals surface area (Å²) in [6.07, 6.45) is 4.04. The van der Waals surface area contributed by atoms with E-state index in [0.717, 1.165) is 24.5 Å². The minimum absolute atomic E-state index is 0.453. The van der Waals surface area contributed by atoms with Gasteiger partial charge in [-0.3, -0.25) is 0 Å². The van der Waals surface area contributed by atoms with Gasteiger partial charge in [0, 0.05) is 18.2 Å². The normalized spacial score (nSPS) is 15.1. The van der Waals surface area contributed by atoms with Gasteiger partial charge in [0.15, 0.2) is 0 Å². The second-order valence-electron chi connectivity index (χ2n) is 4.46. The molecule has 0 aromatic carbocycles. The molecule has 3 nitrogen and oxygen atoms in total. The Kier molecular flexibility index (Phi) is 2.77. The Bertz CT molecular complexity index is 396. The molecule has 3 heteroatoms. The summed E-state index contributed by atoms with van der Waals surface area (Å²) in [7, 11) is 0. The van der Waals surface area contributed by atoms with Crippen LogP contribution in [-0.4, -0.2) is 9.55 Å². The average molecular weight is 203 g/mol. The predicted molar refractivity (Wildman–Crippen MR) is 58.6 cm³/mol. The fourth-order valence-corrected chi connectivity index (χ4v) is 2.31. The van der Waals surface area contributed by atoms with Crippen LogP contribution < -0.4 is 0 Å². The molecular formula is C12H17N3. The van der Waals surface area contributed by atoms with E-state index in [0.29, 0.717) is 12.3 Å². The fourth-order valence-electron chi connectivity index (χ4n) is 2.31. The van der Waals surface area contributed by atoms with E-state index >= 15 is 0 Å². The van der Waals surface area contributed by atoms with E-state index < -0.39 is 0 Å². The molecule has 0 bridgehead atoms. The molecule has 0 radical (unpaired) electrons. The first-order valence-corrected chi connectivity index (χ1v) is 5.69. The molecular weight excluding hydrogens is 186 g/mol. The highest BCUT2D eigenvalue weighted by Crippen LogP contribution is 2.25. The van der Waals surface area contributed by atoms with Gasteiger partial charge in [-0.05, 0) is 19.3 Å². The molecule has 0 spiro atoms. The third-order valence-electron chi connectivity index (χ3n) is 2.99. The quantitative estimate of drug-likeness (QED) is 0.740. The van der Waals surface area contributed by atoms with Gasteiger partial charge in [-0.25, -0.2) is 4.98 Å². The van der Waals surface area contributed by atoms with Crippen molar-refractivity contribution in [3.05, 3.63) is 17.2 Å². The van der Waals surface area contributed by atoms with E-state index in [2.05, 4.69) is 29.5 Å². The van der Waals surface area contributed by atoms with Crippen LogP contribution in [0, 0.1) is 11.3 Å². The van der Waals surface area contributed by atoms with E-state index in [4.69, 9.17) is 5.26 Å². The second-order valence-corrected chi connectivity index (χ2v) is 4.46. The molecule has 0 saturated heterocycles. The first-order valence-electron chi connectivity index (χ1n) is 5.69. The largest absolute Gasteiger partial charge is 0.332 e. The molecule has 0 amide bonds. The lowest BCUT2D eigenvalue weighted by Crippen LogP contribution is -2.14. The van der Waals surface area contributed by atoms with E-state index in [-0.39, 0.29) is 0 Å². The van der Waals surface area contributed by atoms with Gasteiger partial charge in [-0.15, -0.1) is 0 Å². The molecule has 1 aromatic heterocycles. The summed E-state index contributed by atoms with van der Waals surface area (Å²) in [5.74, 6) is 1.62. The Labute approximate surface area is 90.7 Å². The molecule has 0 saturated carbocycles. The number of nitriles is 1. The number of hydrogen-bond donors (Lipinski definition) is 0. The molecule has 1 aromatic rings. The van der Waals surface area contributed by atoms with Crippen molar-refractivity contribution < 1.29 is 0 Å². The maximum Gasteiger partial charge on any atom is 0.111 e. The molecule has 0 aliphatic carbocycles. The van der Waals surface area contributed by atoms with E-state index in [1.54, 1.807) is 0 Å². The highest BCUT2D eigenvalue weighted by atomic mass is 15.1. The summed E-state index contributed by atoms with van der Waals surface area (Å²) in [5, 5.41) is 8.77. The van der Waals surface area contributed by atoms with Crippen molar-refractivity contribution in [3.8, 4) is 6.07 Å². The minimum atomic E-state index is 0.453. The lowest BCUT2D eigenvalue weighted by Gasteiger charge is -2.18. The number of nitrogens with zero attached hydrogens (tertiary/aromatic N) is 3. The van der Waals surface area contributed by atoms with Gasteiger partial charge in [0.1, 0.15) is 5.82 Å². The van der Waals surface area contributed by atoms with Crippen LogP contribution in [0.3, 0.4) is 0 Å². The molecule has 0 N–H and O–H groups in total. The minimum Gasteiger partial charge on any atom is -0.332 e. The Morgan fingerprint density at radius 1 is 1.47 bits per heavy atom. The van der Waals surface area contributed by atoms with Crippen LogP contribution in [0.15, 0.2) is 0 Å². The van der Waals surface area contributed by atoms with Crippen LogP contribution in [0.4, 0.5) is 0 Å². The van der Waals surface area contributed by atoms with E-state index in [1.165, 1.54) is 18.5 Å². The highest BCUT2D eigenvalue weighted by Gasteiger charge is 2.20. The number of imidazole rings is 1. The van der Waals surface area contributed by atoms with Crippen molar-refractivity contribution in [1.82, 2.24) is 9.55 Å². The Balaban J connectivity index is 2.45. The van der Waals surface area contributed by atoms with E-state index in [1.807, 2.05) is 0 Å². The first-order chi connectivity index (χ1) is 7.24.